The number of carbonyl (C=O) groups is 1. The quantitative estimate of drug-likeness (QED) is 0.602. The molecule has 1 heterocycles. The third-order valence-corrected chi connectivity index (χ3v) is 2.55. The minimum Gasteiger partial charge on any atom is -0.476 e. The number of piperazine rings is 1. The van der Waals surface area contributed by atoms with Gasteiger partial charge in [0.25, 0.3) is 5.87 Å². The number of nitrogens with one attached hydrogen (secondary N) is 1. The lowest BCUT2D eigenvalue weighted by atomic mass is 9.86. The van der Waals surface area contributed by atoms with Crippen molar-refractivity contribution in [1.29, 1.82) is 0 Å². The summed E-state index contributed by atoms with van der Waals surface area (Å²) in [5, 5.41) is 3.31. The van der Waals surface area contributed by atoms with Gasteiger partial charge in [-0.15, -0.1) is 0 Å². The van der Waals surface area contributed by atoms with Crippen molar-refractivity contribution in [3.8, 4) is 0 Å². The molecule has 1 rings (SSSR count). The topological polar surface area (TPSA) is 41.6 Å². The predicted octanol–water partition coefficient (Wildman–Crippen LogP) is -0.214. The summed E-state index contributed by atoms with van der Waals surface area (Å²) in [7, 11) is 1.83. The first-order valence-electron chi connectivity index (χ1n) is 4.68. The Labute approximate surface area is 79.9 Å². The molecule has 0 saturated carbocycles. The smallest absolute Gasteiger partial charge is 0.341 e. The van der Waals surface area contributed by atoms with Crippen LogP contribution in [0.5, 0.6) is 0 Å². The molecule has 0 bridgehead atoms. The second kappa shape index (κ2) is 4.62. The third-order valence-electron chi connectivity index (χ3n) is 2.55. The van der Waals surface area contributed by atoms with Crippen LogP contribution in [0.4, 0.5) is 4.79 Å². The maximum Gasteiger partial charge on any atom is 0.341 e. The lowest BCUT2D eigenvalue weighted by Gasteiger charge is -2.38. The van der Waals surface area contributed by atoms with Crippen LogP contribution < -0.4 is 5.32 Å². The average Bonchev–Trinajstić information content (AvgIpc) is 2.11. The largest absolute Gasteiger partial charge is 0.476 e. The molecule has 1 aliphatic heterocycles. The highest BCUT2D eigenvalue weighted by Gasteiger charge is 2.27. The molecule has 74 valence electrons. The van der Waals surface area contributed by atoms with Gasteiger partial charge in [-0.05, 0) is 13.8 Å². The summed E-state index contributed by atoms with van der Waals surface area (Å²) in [5.74, 6) is -0.152. The van der Waals surface area contributed by atoms with Gasteiger partial charge in [0.1, 0.15) is 0 Å². The molecule has 0 aromatic rings. The molecule has 1 unspecified atom stereocenters. The van der Waals surface area contributed by atoms with Crippen molar-refractivity contribution >= 4 is 13.3 Å². The Morgan fingerprint density at radius 3 is 2.46 bits per heavy atom. The molecule has 13 heavy (non-hydrogen) atoms. The molecule has 0 spiro atoms. The van der Waals surface area contributed by atoms with Crippen LogP contribution in [0.3, 0.4) is 0 Å². The zero-order valence-corrected chi connectivity index (χ0v) is 8.54. The van der Waals surface area contributed by atoms with Crippen molar-refractivity contribution in [3.05, 3.63) is 0 Å². The predicted molar refractivity (Wildman–Crippen MR) is 53.2 cm³/mol. The van der Waals surface area contributed by atoms with Crippen molar-refractivity contribution in [2.24, 2.45) is 0 Å². The summed E-state index contributed by atoms with van der Waals surface area (Å²) in [5.41, 5.74) is 0. The van der Waals surface area contributed by atoms with Crippen LogP contribution in [-0.2, 0) is 4.74 Å². The highest BCUT2D eigenvalue weighted by atomic mass is 16.5. The van der Waals surface area contributed by atoms with Crippen LogP contribution in [0.1, 0.15) is 13.8 Å². The Hall–Kier alpha value is -0.545. The Bertz CT molecular complexity index is 179. The zero-order chi connectivity index (χ0) is 9.84. The highest BCUT2D eigenvalue weighted by Crippen LogP contribution is 2.07. The molecule has 1 saturated heterocycles. The fourth-order valence-corrected chi connectivity index (χ4v) is 1.70. The molecule has 1 fully saturated rings. The third kappa shape index (κ3) is 2.71. The molecule has 0 radical (unpaired) electrons. The van der Waals surface area contributed by atoms with Gasteiger partial charge < -0.3 is 14.9 Å². The minimum absolute atomic E-state index is 0.152. The standard InChI is InChI=1S/C8H17BN2O2/c1-6-4-10-5-7(2)11(6)9-8(12)13-3/h6-7,9-10H,4-5H2,1-3H3/t6-,7?/m1/s1. The fraction of sp³-hybridized carbons (Fsp3) is 0.875. The number of rotatable bonds is 2. The summed E-state index contributed by atoms with van der Waals surface area (Å²) < 4.78 is 4.65. The molecule has 4 nitrogen and oxygen atoms in total. The van der Waals surface area contributed by atoms with Gasteiger partial charge in [-0.25, -0.2) is 0 Å². The fourth-order valence-electron chi connectivity index (χ4n) is 1.70. The second-order valence-electron chi connectivity index (χ2n) is 3.60. The van der Waals surface area contributed by atoms with Gasteiger partial charge in [0.2, 0.25) is 0 Å². The molecule has 0 aromatic carbocycles. The number of carbonyl (C=O) groups excluding carboxylic acids is 1. The Balaban J connectivity index is 2.48. The summed E-state index contributed by atoms with van der Waals surface area (Å²) >= 11 is 0. The van der Waals surface area contributed by atoms with Gasteiger partial charge in [-0.2, -0.15) is 0 Å². The zero-order valence-electron chi connectivity index (χ0n) is 8.54. The number of hydrogen-bond donors (Lipinski definition) is 1. The summed E-state index contributed by atoms with van der Waals surface area (Å²) in [4.78, 5) is 13.3. The van der Waals surface area contributed by atoms with Crippen LogP contribution in [0.25, 0.3) is 0 Å². The minimum atomic E-state index is -0.152. The lowest BCUT2D eigenvalue weighted by molar-refractivity contribution is 0.184. The normalized spacial score (nSPS) is 29.8. The number of ether oxygens (including phenoxy) is 1. The van der Waals surface area contributed by atoms with Crippen LogP contribution >= 0.6 is 0 Å². The molecule has 2 atom stereocenters. The SMILES string of the molecule is COC(=O)BN1C(C)CNC[C@H]1C. The Kier molecular flexibility index (Phi) is 3.75. The van der Waals surface area contributed by atoms with Crippen molar-refractivity contribution < 1.29 is 9.53 Å². The van der Waals surface area contributed by atoms with E-state index in [1.807, 2.05) is 0 Å². The van der Waals surface area contributed by atoms with Gasteiger partial charge in [-0.3, -0.25) is 4.79 Å². The Morgan fingerprint density at radius 1 is 1.46 bits per heavy atom. The first kappa shape index (κ1) is 10.5. The molecule has 5 heteroatoms. The average molecular weight is 184 g/mol. The number of hydrogen-bond acceptors (Lipinski definition) is 4. The first-order valence-corrected chi connectivity index (χ1v) is 4.68. The van der Waals surface area contributed by atoms with Gasteiger partial charge >= 0.3 is 7.41 Å². The van der Waals surface area contributed by atoms with E-state index in [4.69, 9.17) is 0 Å². The monoisotopic (exact) mass is 184 g/mol. The van der Waals surface area contributed by atoms with Crippen LogP contribution in [0, 0.1) is 0 Å². The molecule has 0 amide bonds. The van der Waals surface area contributed by atoms with Crippen LogP contribution in [-0.4, -0.2) is 50.4 Å². The van der Waals surface area contributed by atoms with Crippen molar-refractivity contribution in [1.82, 2.24) is 10.1 Å². The van der Waals surface area contributed by atoms with E-state index in [9.17, 15) is 4.79 Å². The molecule has 1 aliphatic rings. The number of nitrogens with zero attached hydrogens (tertiary/aromatic N) is 1. The molecule has 0 aliphatic carbocycles. The van der Waals surface area contributed by atoms with E-state index < -0.39 is 0 Å². The van der Waals surface area contributed by atoms with Gasteiger partial charge in [-0.1, -0.05) is 0 Å². The van der Waals surface area contributed by atoms with E-state index in [-0.39, 0.29) is 5.87 Å². The maximum atomic E-state index is 11.1. The van der Waals surface area contributed by atoms with Gasteiger partial charge in [0.05, 0.1) is 7.11 Å². The van der Waals surface area contributed by atoms with E-state index in [0.29, 0.717) is 19.5 Å². The van der Waals surface area contributed by atoms with Gasteiger partial charge in [0, 0.05) is 25.2 Å². The van der Waals surface area contributed by atoms with E-state index >= 15 is 0 Å². The molecular formula is C8H17BN2O2. The van der Waals surface area contributed by atoms with Crippen LogP contribution in [0.2, 0.25) is 0 Å². The van der Waals surface area contributed by atoms with Gasteiger partial charge in [0.15, 0.2) is 0 Å². The van der Waals surface area contributed by atoms with E-state index in [2.05, 4.69) is 28.7 Å². The van der Waals surface area contributed by atoms with Crippen LogP contribution in [0.15, 0.2) is 0 Å². The van der Waals surface area contributed by atoms with E-state index in [1.54, 1.807) is 0 Å². The maximum absolute atomic E-state index is 11.1. The summed E-state index contributed by atoms with van der Waals surface area (Å²) in [6.45, 7) is 6.12. The molecule has 0 aromatic heterocycles. The lowest BCUT2D eigenvalue weighted by Crippen LogP contribution is -2.57. The highest BCUT2D eigenvalue weighted by molar-refractivity contribution is 6.69. The number of methoxy groups -OCH3 is 1. The van der Waals surface area contributed by atoms with E-state index in [0.717, 1.165) is 13.1 Å². The van der Waals surface area contributed by atoms with Crippen molar-refractivity contribution in [3.63, 3.8) is 0 Å². The van der Waals surface area contributed by atoms with Crippen molar-refractivity contribution in [2.45, 2.75) is 25.9 Å². The Morgan fingerprint density at radius 2 is 2.00 bits per heavy atom. The van der Waals surface area contributed by atoms with Crippen molar-refractivity contribution in [2.75, 3.05) is 20.2 Å². The molecular weight excluding hydrogens is 167 g/mol. The van der Waals surface area contributed by atoms with E-state index in [1.165, 1.54) is 7.11 Å². The summed E-state index contributed by atoms with van der Waals surface area (Å²) in [6.07, 6.45) is 0. The summed E-state index contributed by atoms with van der Waals surface area (Å²) in [6, 6.07) is 0.811. The second-order valence-corrected chi connectivity index (χ2v) is 3.60. The molecule has 1 N–H and O–H groups in total. The first-order chi connectivity index (χ1) is 6.15.